The third kappa shape index (κ3) is 3.01. The van der Waals surface area contributed by atoms with Gasteiger partial charge in [0.25, 0.3) is 5.91 Å². The minimum atomic E-state index is -0.297. The van der Waals surface area contributed by atoms with Crippen LogP contribution in [0.5, 0.6) is 5.75 Å². The largest absolute Gasteiger partial charge is 0.493 e. The summed E-state index contributed by atoms with van der Waals surface area (Å²) in [7, 11) is 0. The zero-order valence-electron chi connectivity index (χ0n) is 10.6. The molecular formula is C14H15N3O2. The summed E-state index contributed by atoms with van der Waals surface area (Å²) in [6, 6.07) is 10.4. The number of hydrogen-bond acceptors (Lipinski definition) is 4. The predicted molar refractivity (Wildman–Crippen MR) is 74.2 cm³/mol. The standard InChI is InChI=1S/C14H15N3O2/c1-2-19-12-8-4-3-6-10(12)14(18)17-13-11(15)7-5-9-16-13/h3-9H,2,15H2,1H3,(H,16,17,18). The van der Waals surface area contributed by atoms with Gasteiger partial charge in [-0.25, -0.2) is 4.98 Å². The summed E-state index contributed by atoms with van der Waals surface area (Å²) in [5, 5.41) is 2.67. The molecule has 0 atom stereocenters. The second-order valence-corrected chi connectivity index (χ2v) is 3.82. The SMILES string of the molecule is CCOc1ccccc1C(=O)Nc1ncccc1N. The lowest BCUT2D eigenvalue weighted by molar-refractivity contribution is 0.102. The Balaban J connectivity index is 2.23. The maximum absolute atomic E-state index is 12.2. The van der Waals surface area contributed by atoms with Crippen LogP contribution in [0, 0.1) is 0 Å². The van der Waals surface area contributed by atoms with Gasteiger partial charge in [0, 0.05) is 6.20 Å². The Morgan fingerprint density at radius 2 is 2.11 bits per heavy atom. The lowest BCUT2D eigenvalue weighted by Crippen LogP contribution is -2.15. The summed E-state index contributed by atoms with van der Waals surface area (Å²) in [6.07, 6.45) is 1.57. The van der Waals surface area contributed by atoms with Gasteiger partial charge in [0.2, 0.25) is 0 Å². The van der Waals surface area contributed by atoms with Gasteiger partial charge < -0.3 is 15.8 Å². The summed E-state index contributed by atoms with van der Waals surface area (Å²) in [5.41, 5.74) is 6.61. The highest BCUT2D eigenvalue weighted by atomic mass is 16.5. The number of para-hydroxylation sites is 1. The van der Waals surface area contributed by atoms with Crippen LogP contribution in [0.25, 0.3) is 0 Å². The number of nitrogen functional groups attached to an aromatic ring is 1. The van der Waals surface area contributed by atoms with E-state index in [1.54, 1.807) is 36.5 Å². The number of anilines is 2. The number of benzene rings is 1. The average molecular weight is 257 g/mol. The van der Waals surface area contributed by atoms with E-state index in [4.69, 9.17) is 10.5 Å². The van der Waals surface area contributed by atoms with Crippen LogP contribution in [0.15, 0.2) is 42.6 Å². The molecule has 1 aromatic carbocycles. The number of pyridine rings is 1. The highest BCUT2D eigenvalue weighted by molar-refractivity contribution is 6.06. The van der Waals surface area contributed by atoms with Crippen molar-refractivity contribution < 1.29 is 9.53 Å². The second kappa shape index (κ2) is 5.86. The number of ether oxygens (including phenoxy) is 1. The number of carbonyl (C=O) groups excluding carboxylic acids is 1. The number of carbonyl (C=O) groups is 1. The molecule has 0 spiro atoms. The van der Waals surface area contributed by atoms with Crippen LogP contribution in [-0.4, -0.2) is 17.5 Å². The second-order valence-electron chi connectivity index (χ2n) is 3.82. The Morgan fingerprint density at radius 1 is 1.32 bits per heavy atom. The maximum atomic E-state index is 12.2. The molecular weight excluding hydrogens is 242 g/mol. The molecule has 1 amide bonds. The van der Waals surface area contributed by atoms with Crippen molar-refractivity contribution in [1.29, 1.82) is 0 Å². The van der Waals surface area contributed by atoms with E-state index in [1.807, 2.05) is 13.0 Å². The molecule has 5 nitrogen and oxygen atoms in total. The van der Waals surface area contributed by atoms with E-state index >= 15 is 0 Å². The molecule has 0 aliphatic rings. The maximum Gasteiger partial charge on any atom is 0.260 e. The highest BCUT2D eigenvalue weighted by Crippen LogP contribution is 2.20. The Labute approximate surface area is 111 Å². The first-order valence-corrected chi connectivity index (χ1v) is 5.96. The van der Waals surface area contributed by atoms with Crippen molar-refractivity contribution in [2.75, 3.05) is 17.7 Å². The van der Waals surface area contributed by atoms with Crippen LogP contribution in [0.4, 0.5) is 11.5 Å². The summed E-state index contributed by atoms with van der Waals surface area (Å²) in [4.78, 5) is 16.2. The molecule has 0 bridgehead atoms. The van der Waals surface area contributed by atoms with Crippen molar-refractivity contribution in [3.63, 3.8) is 0 Å². The normalized spacial score (nSPS) is 9.95. The first-order chi connectivity index (χ1) is 9.22. The number of nitrogens with zero attached hydrogens (tertiary/aromatic N) is 1. The van der Waals surface area contributed by atoms with E-state index in [2.05, 4.69) is 10.3 Å². The van der Waals surface area contributed by atoms with Crippen molar-refractivity contribution in [1.82, 2.24) is 4.98 Å². The van der Waals surface area contributed by atoms with E-state index in [9.17, 15) is 4.79 Å². The molecule has 0 radical (unpaired) electrons. The topological polar surface area (TPSA) is 77.2 Å². The van der Waals surface area contributed by atoms with Crippen LogP contribution >= 0.6 is 0 Å². The smallest absolute Gasteiger partial charge is 0.260 e. The average Bonchev–Trinajstić information content (AvgIpc) is 2.42. The zero-order valence-corrected chi connectivity index (χ0v) is 10.6. The molecule has 5 heteroatoms. The summed E-state index contributed by atoms with van der Waals surface area (Å²) in [6.45, 7) is 2.36. The van der Waals surface area contributed by atoms with Crippen molar-refractivity contribution >= 4 is 17.4 Å². The van der Waals surface area contributed by atoms with Gasteiger partial charge in [-0.15, -0.1) is 0 Å². The van der Waals surface area contributed by atoms with Gasteiger partial charge in [-0.1, -0.05) is 12.1 Å². The van der Waals surface area contributed by atoms with Crippen molar-refractivity contribution in [3.8, 4) is 5.75 Å². The van der Waals surface area contributed by atoms with E-state index in [1.165, 1.54) is 0 Å². The minimum absolute atomic E-state index is 0.297. The van der Waals surface area contributed by atoms with E-state index in [-0.39, 0.29) is 5.91 Å². The van der Waals surface area contributed by atoms with Crippen LogP contribution in [0.2, 0.25) is 0 Å². The van der Waals surface area contributed by atoms with Crippen molar-refractivity contribution in [2.45, 2.75) is 6.92 Å². The molecule has 1 aromatic heterocycles. The molecule has 0 saturated heterocycles. The van der Waals surface area contributed by atoms with E-state index in [0.29, 0.717) is 29.4 Å². The number of rotatable bonds is 4. The fourth-order valence-electron chi connectivity index (χ4n) is 1.63. The van der Waals surface area contributed by atoms with Crippen molar-refractivity contribution in [2.24, 2.45) is 0 Å². The quantitative estimate of drug-likeness (QED) is 0.881. The van der Waals surface area contributed by atoms with Gasteiger partial charge >= 0.3 is 0 Å². The molecule has 0 aliphatic heterocycles. The van der Waals surface area contributed by atoms with Gasteiger partial charge in [-0.05, 0) is 31.2 Å². The third-order valence-corrected chi connectivity index (χ3v) is 2.50. The third-order valence-electron chi connectivity index (χ3n) is 2.50. The fraction of sp³-hybridized carbons (Fsp3) is 0.143. The Hall–Kier alpha value is -2.56. The molecule has 19 heavy (non-hydrogen) atoms. The molecule has 98 valence electrons. The van der Waals surface area contributed by atoms with Crippen LogP contribution < -0.4 is 15.8 Å². The molecule has 3 N–H and O–H groups in total. The summed E-state index contributed by atoms with van der Waals surface area (Å²) in [5.74, 6) is 0.588. The summed E-state index contributed by atoms with van der Waals surface area (Å²) < 4.78 is 5.41. The van der Waals surface area contributed by atoms with Gasteiger partial charge in [0.15, 0.2) is 5.82 Å². The monoisotopic (exact) mass is 257 g/mol. The van der Waals surface area contributed by atoms with Crippen LogP contribution in [0.1, 0.15) is 17.3 Å². The van der Waals surface area contributed by atoms with E-state index in [0.717, 1.165) is 0 Å². The first-order valence-electron chi connectivity index (χ1n) is 5.96. The van der Waals surface area contributed by atoms with Gasteiger partial charge in [-0.3, -0.25) is 4.79 Å². The molecule has 2 aromatic rings. The highest BCUT2D eigenvalue weighted by Gasteiger charge is 2.13. The molecule has 2 rings (SSSR count). The molecule has 0 saturated carbocycles. The zero-order chi connectivity index (χ0) is 13.7. The number of nitrogens with two attached hydrogens (primary N) is 1. The van der Waals surface area contributed by atoms with Crippen molar-refractivity contribution in [3.05, 3.63) is 48.2 Å². The first kappa shape index (κ1) is 12.9. The number of hydrogen-bond donors (Lipinski definition) is 2. The van der Waals surface area contributed by atoms with Crippen LogP contribution in [0.3, 0.4) is 0 Å². The Bertz CT molecular complexity index is 584. The molecule has 0 unspecified atom stereocenters. The Kier molecular flexibility index (Phi) is 3.97. The van der Waals surface area contributed by atoms with Gasteiger partial charge in [0.05, 0.1) is 17.9 Å². The van der Waals surface area contributed by atoms with Gasteiger partial charge in [-0.2, -0.15) is 0 Å². The lowest BCUT2D eigenvalue weighted by Gasteiger charge is -2.10. The lowest BCUT2D eigenvalue weighted by atomic mass is 10.2. The number of amides is 1. The van der Waals surface area contributed by atoms with Gasteiger partial charge in [0.1, 0.15) is 5.75 Å². The van der Waals surface area contributed by atoms with E-state index < -0.39 is 0 Å². The molecule has 0 aliphatic carbocycles. The number of aromatic nitrogens is 1. The molecule has 0 fully saturated rings. The minimum Gasteiger partial charge on any atom is -0.493 e. The fourth-order valence-corrected chi connectivity index (χ4v) is 1.63. The predicted octanol–water partition coefficient (Wildman–Crippen LogP) is 2.31. The number of nitrogens with one attached hydrogen (secondary N) is 1. The Morgan fingerprint density at radius 3 is 2.84 bits per heavy atom. The molecule has 1 heterocycles. The summed E-state index contributed by atoms with van der Waals surface area (Å²) >= 11 is 0. The van der Waals surface area contributed by atoms with Crippen LogP contribution in [-0.2, 0) is 0 Å².